The number of rotatable bonds is 5. The Bertz CT molecular complexity index is 508. The molecule has 1 aromatic heterocycles. The normalized spacial score (nSPS) is 20.2. The minimum absolute atomic E-state index is 0. The lowest BCUT2D eigenvalue weighted by Gasteiger charge is -2.33. The van der Waals surface area contributed by atoms with Crippen molar-refractivity contribution in [1.82, 2.24) is 25.7 Å². The number of nitrogens with zero attached hydrogens (tertiary/aromatic N) is 4. The van der Waals surface area contributed by atoms with Crippen LogP contribution in [0.3, 0.4) is 0 Å². The average Bonchev–Trinajstić information content (AvgIpc) is 3.28. The number of hydrogen-bond donors (Lipinski definition) is 2. The Morgan fingerprint density at radius 2 is 2.04 bits per heavy atom. The van der Waals surface area contributed by atoms with E-state index in [1.54, 1.807) is 6.92 Å². The van der Waals surface area contributed by atoms with Crippen molar-refractivity contribution >= 4 is 29.9 Å². The zero-order valence-electron chi connectivity index (χ0n) is 13.9. The van der Waals surface area contributed by atoms with E-state index >= 15 is 0 Å². The fraction of sp³-hybridized carbons (Fsp3) is 0.800. The summed E-state index contributed by atoms with van der Waals surface area (Å²) in [6.45, 7) is 7.55. The maximum absolute atomic E-state index is 4.97. The van der Waals surface area contributed by atoms with E-state index in [2.05, 4.69) is 37.6 Å². The van der Waals surface area contributed by atoms with E-state index < -0.39 is 0 Å². The van der Waals surface area contributed by atoms with Crippen LogP contribution in [-0.2, 0) is 6.54 Å². The third kappa shape index (κ3) is 5.59. The van der Waals surface area contributed by atoms with Gasteiger partial charge in [-0.1, -0.05) is 5.16 Å². The van der Waals surface area contributed by atoms with Crippen molar-refractivity contribution in [1.29, 1.82) is 0 Å². The summed E-state index contributed by atoms with van der Waals surface area (Å²) < 4.78 is 4.97. The molecule has 130 valence electrons. The summed E-state index contributed by atoms with van der Waals surface area (Å²) in [5.74, 6) is 2.05. The Hall–Kier alpha value is -0.900. The maximum atomic E-state index is 4.97. The van der Waals surface area contributed by atoms with Crippen LogP contribution in [0.1, 0.15) is 44.3 Å². The van der Waals surface area contributed by atoms with Gasteiger partial charge in [0.2, 0.25) is 5.89 Å². The largest absolute Gasteiger partial charge is 0.357 e. The van der Waals surface area contributed by atoms with E-state index in [0.717, 1.165) is 18.5 Å². The van der Waals surface area contributed by atoms with Crippen molar-refractivity contribution in [3.05, 3.63) is 11.7 Å². The molecule has 2 N–H and O–H groups in total. The first-order valence-electron chi connectivity index (χ1n) is 8.32. The molecule has 3 rings (SSSR count). The Morgan fingerprint density at radius 3 is 2.61 bits per heavy atom. The third-order valence-electron chi connectivity index (χ3n) is 4.23. The highest BCUT2D eigenvalue weighted by Crippen LogP contribution is 2.29. The quantitative estimate of drug-likeness (QED) is 0.417. The first kappa shape index (κ1) is 18.4. The van der Waals surface area contributed by atoms with Gasteiger partial charge in [-0.2, -0.15) is 4.98 Å². The Balaban J connectivity index is 0.00000192. The number of piperidine rings is 1. The molecule has 0 bridgehead atoms. The molecular weight excluding hydrogens is 407 g/mol. The average molecular weight is 434 g/mol. The molecule has 1 saturated carbocycles. The van der Waals surface area contributed by atoms with Gasteiger partial charge in [-0.25, -0.2) is 4.99 Å². The molecule has 1 saturated heterocycles. The van der Waals surface area contributed by atoms with Crippen LogP contribution in [0.2, 0.25) is 0 Å². The zero-order chi connectivity index (χ0) is 15.4. The third-order valence-corrected chi connectivity index (χ3v) is 4.23. The van der Waals surface area contributed by atoms with Crippen molar-refractivity contribution in [2.45, 2.75) is 58.2 Å². The summed E-state index contributed by atoms with van der Waals surface area (Å²) >= 11 is 0. The van der Waals surface area contributed by atoms with Gasteiger partial charge in [-0.05, 0) is 32.6 Å². The van der Waals surface area contributed by atoms with E-state index in [1.165, 1.54) is 38.8 Å². The van der Waals surface area contributed by atoms with Crippen LogP contribution in [0, 0.1) is 6.92 Å². The lowest BCUT2D eigenvalue weighted by molar-refractivity contribution is 0.197. The van der Waals surface area contributed by atoms with Crippen LogP contribution in [0.4, 0.5) is 0 Å². The van der Waals surface area contributed by atoms with Gasteiger partial charge in [0.1, 0.15) is 6.54 Å². The highest BCUT2D eigenvalue weighted by Gasteiger charge is 2.31. The SMILES string of the molecule is CCNC(=NCc1noc(C)n1)NC1CCN(C2CC2)CC1.I. The van der Waals surface area contributed by atoms with Gasteiger partial charge in [0.15, 0.2) is 11.8 Å². The summed E-state index contributed by atoms with van der Waals surface area (Å²) in [4.78, 5) is 11.4. The van der Waals surface area contributed by atoms with Crippen LogP contribution in [-0.4, -0.2) is 52.7 Å². The molecular formula is C15H27IN6O. The second-order valence-corrected chi connectivity index (χ2v) is 6.11. The van der Waals surface area contributed by atoms with Crippen molar-refractivity contribution in [2.24, 2.45) is 4.99 Å². The highest BCUT2D eigenvalue weighted by molar-refractivity contribution is 14.0. The smallest absolute Gasteiger partial charge is 0.223 e. The van der Waals surface area contributed by atoms with E-state index in [9.17, 15) is 0 Å². The van der Waals surface area contributed by atoms with Crippen molar-refractivity contribution in [3.63, 3.8) is 0 Å². The van der Waals surface area contributed by atoms with E-state index in [4.69, 9.17) is 4.52 Å². The predicted octanol–water partition coefficient (Wildman–Crippen LogP) is 1.68. The van der Waals surface area contributed by atoms with E-state index in [1.807, 2.05) is 0 Å². The van der Waals surface area contributed by atoms with Crippen LogP contribution < -0.4 is 10.6 Å². The van der Waals surface area contributed by atoms with E-state index in [-0.39, 0.29) is 24.0 Å². The van der Waals surface area contributed by atoms with Crippen molar-refractivity contribution in [3.8, 4) is 0 Å². The molecule has 0 aromatic carbocycles. The monoisotopic (exact) mass is 434 g/mol. The number of halogens is 1. The molecule has 2 fully saturated rings. The van der Waals surface area contributed by atoms with Crippen LogP contribution in [0.15, 0.2) is 9.52 Å². The number of aryl methyl sites for hydroxylation is 1. The molecule has 23 heavy (non-hydrogen) atoms. The molecule has 0 unspecified atom stereocenters. The molecule has 1 aliphatic heterocycles. The molecule has 2 aliphatic rings. The molecule has 0 atom stereocenters. The first-order chi connectivity index (χ1) is 10.7. The summed E-state index contributed by atoms with van der Waals surface area (Å²) in [6.07, 6.45) is 5.16. The molecule has 1 aliphatic carbocycles. The van der Waals surface area contributed by atoms with E-state index in [0.29, 0.717) is 24.3 Å². The highest BCUT2D eigenvalue weighted by atomic mass is 127. The molecule has 7 nitrogen and oxygen atoms in total. The summed E-state index contributed by atoms with van der Waals surface area (Å²) in [6, 6.07) is 1.38. The van der Waals surface area contributed by atoms with Gasteiger partial charge in [-0.15, -0.1) is 24.0 Å². The fourth-order valence-corrected chi connectivity index (χ4v) is 2.92. The van der Waals surface area contributed by atoms with Gasteiger partial charge in [0, 0.05) is 38.6 Å². The van der Waals surface area contributed by atoms with Gasteiger partial charge in [0.25, 0.3) is 0 Å². The minimum Gasteiger partial charge on any atom is -0.357 e. The van der Waals surface area contributed by atoms with Crippen LogP contribution in [0.25, 0.3) is 0 Å². The van der Waals surface area contributed by atoms with Crippen LogP contribution >= 0.6 is 24.0 Å². The lowest BCUT2D eigenvalue weighted by atomic mass is 10.1. The summed E-state index contributed by atoms with van der Waals surface area (Å²) in [5.41, 5.74) is 0. The second-order valence-electron chi connectivity index (χ2n) is 6.11. The zero-order valence-corrected chi connectivity index (χ0v) is 16.2. The Kier molecular flexibility index (Phi) is 7.07. The Labute approximate surface area is 154 Å². The molecule has 8 heteroatoms. The van der Waals surface area contributed by atoms with Crippen molar-refractivity contribution in [2.75, 3.05) is 19.6 Å². The van der Waals surface area contributed by atoms with Gasteiger partial charge < -0.3 is 20.1 Å². The second kappa shape index (κ2) is 8.81. The maximum Gasteiger partial charge on any atom is 0.223 e. The topological polar surface area (TPSA) is 78.6 Å². The summed E-state index contributed by atoms with van der Waals surface area (Å²) in [7, 11) is 0. The van der Waals surface area contributed by atoms with Gasteiger partial charge >= 0.3 is 0 Å². The summed E-state index contributed by atoms with van der Waals surface area (Å²) in [5, 5.41) is 10.7. The number of aliphatic imine (C=N–C) groups is 1. The Morgan fingerprint density at radius 1 is 1.30 bits per heavy atom. The molecule has 1 aromatic rings. The molecule has 2 heterocycles. The predicted molar refractivity (Wildman–Crippen MR) is 100 cm³/mol. The number of aromatic nitrogens is 2. The van der Waals surface area contributed by atoms with Gasteiger partial charge in [-0.3, -0.25) is 0 Å². The fourth-order valence-electron chi connectivity index (χ4n) is 2.92. The molecule has 0 spiro atoms. The van der Waals surface area contributed by atoms with Crippen LogP contribution in [0.5, 0.6) is 0 Å². The standard InChI is InChI=1S/C15H26N6O.HI/c1-3-16-15(17-10-14-18-11(2)22-20-14)19-12-6-8-21(9-7-12)13-4-5-13;/h12-13H,3-10H2,1-2H3,(H2,16,17,19);1H. The van der Waals surface area contributed by atoms with Gasteiger partial charge in [0.05, 0.1) is 0 Å². The number of hydrogen-bond acceptors (Lipinski definition) is 5. The number of likely N-dealkylation sites (tertiary alicyclic amines) is 1. The lowest BCUT2D eigenvalue weighted by Crippen LogP contribution is -2.49. The number of nitrogens with one attached hydrogen (secondary N) is 2. The molecule has 0 amide bonds. The van der Waals surface area contributed by atoms with Crippen molar-refractivity contribution < 1.29 is 4.52 Å². The number of guanidine groups is 1. The minimum atomic E-state index is 0. The molecule has 0 radical (unpaired) electrons. The first-order valence-corrected chi connectivity index (χ1v) is 8.32.